The Bertz CT molecular complexity index is 528. The summed E-state index contributed by atoms with van der Waals surface area (Å²) in [6, 6.07) is 2.68. The minimum absolute atomic E-state index is 0.0245. The molecule has 0 radical (unpaired) electrons. The molecule has 2 rings (SSSR count). The predicted molar refractivity (Wildman–Crippen MR) is 70.1 cm³/mol. The minimum atomic E-state index is -0.705. The molecule has 96 valence electrons. The molecule has 0 fully saturated rings. The topological polar surface area (TPSA) is 37.0 Å². The zero-order chi connectivity index (χ0) is 13.1. The van der Waals surface area contributed by atoms with Gasteiger partial charge in [-0.15, -0.1) is 0 Å². The van der Waals surface area contributed by atoms with Crippen LogP contribution in [0, 0.1) is 11.6 Å². The van der Waals surface area contributed by atoms with Gasteiger partial charge in [-0.05, 0) is 29.3 Å². The number of rotatable bonds is 4. The van der Waals surface area contributed by atoms with Crippen LogP contribution in [0.3, 0.4) is 0 Å². The summed E-state index contributed by atoms with van der Waals surface area (Å²) in [5.74, 6) is -1.34. The number of hydrogen-bond acceptors (Lipinski definition) is 4. The van der Waals surface area contributed by atoms with E-state index in [2.05, 4.69) is 15.6 Å². The minimum Gasteiger partial charge on any atom is -0.371 e. The maximum Gasteiger partial charge on any atom is 0.168 e. The van der Waals surface area contributed by atoms with Gasteiger partial charge >= 0.3 is 0 Å². The normalized spacial score (nSPS) is 12.2. The molecule has 2 N–H and O–H groups in total. The van der Waals surface area contributed by atoms with Crippen molar-refractivity contribution >= 4 is 23.0 Å². The van der Waals surface area contributed by atoms with Crippen LogP contribution in [0.4, 0.5) is 20.4 Å². The van der Waals surface area contributed by atoms with Crippen molar-refractivity contribution < 1.29 is 8.78 Å². The first-order valence-corrected chi connectivity index (χ1v) is 6.38. The van der Waals surface area contributed by atoms with E-state index in [1.54, 1.807) is 11.3 Å². The molecule has 6 heteroatoms. The number of nitrogens with zero attached hydrogens (tertiary/aromatic N) is 1. The zero-order valence-electron chi connectivity index (χ0n) is 10.00. The molecule has 2 heterocycles. The number of anilines is 2. The van der Waals surface area contributed by atoms with Crippen LogP contribution in [0.15, 0.2) is 22.9 Å². The Labute approximate surface area is 108 Å². The Balaban J connectivity index is 2.23. The average Bonchev–Trinajstić information content (AvgIpc) is 2.86. The lowest BCUT2D eigenvalue weighted by atomic mass is 10.2. The largest absolute Gasteiger partial charge is 0.371 e. The SMILES string of the molecule is CNc1nc(NC(C)c2ccsc2)c(F)cc1F. The van der Waals surface area contributed by atoms with Crippen molar-refractivity contribution in [3.63, 3.8) is 0 Å². The van der Waals surface area contributed by atoms with Crippen LogP contribution in [0.25, 0.3) is 0 Å². The summed E-state index contributed by atoms with van der Waals surface area (Å²) >= 11 is 1.57. The highest BCUT2D eigenvalue weighted by Crippen LogP contribution is 2.24. The van der Waals surface area contributed by atoms with Crippen molar-refractivity contribution in [2.75, 3.05) is 17.7 Å². The van der Waals surface area contributed by atoms with Gasteiger partial charge in [0.25, 0.3) is 0 Å². The van der Waals surface area contributed by atoms with Gasteiger partial charge in [0.05, 0.1) is 6.04 Å². The molecule has 0 bridgehead atoms. The maximum absolute atomic E-state index is 13.6. The van der Waals surface area contributed by atoms with Crippen molar-refractivity contribution in [1.29, 1.82) is 0 Å². The summed E-state index contributed by atoms with van der Waals surface area (Å²) in [7, 11) is 1.54. The second kappa shape index (κ2) is 5.30. The third-order valence-corrected chi connectivity index (χ3v) is 3.26. The van der Waals surface area contributed by atoms with Gasteiger partial charge in [-0.1, -0.05) is 0 Å². The molecule has 2 aromatic heterocycles. The third-order valence-electron chi connectivity index (χ3n) is 2.56. The van der Waals surface area contributed by atoms with E-state index in [1.807, 2.05) is 23.8 Å². The summed E-state index contributed by atoms with van der Waals surface area (Å²) < 4.78 is 26.8. The molecule has 3 nitrogen and oxygen atoms in total. The number of hydrogen-bond donors (Lipinski definition) is 2. The van der Waals surface area contributed by atoms with E-state index in [1.165, 1.54) is 7.05 Å². The summed E-state index contributed by atoms with van der Waals surface area (Å²) in [4.78, 5) is 3.87. The molecule has 2 aromatic rings. The van der Waals surface area contributed by atoms with E-state index in [0.29, 0.717) is 0 Å². The number of thiophene rings is 1. The van der Waals surface area contributed by atoms with Gasteiger partial charge in [-0.25, -0.2) is 13.8 Å². The van der Waals surface area contributed by atoms with E-state index in [0.717, 1.165) is 11.6 Å². The highest BCUT2D eigenvalue weighted by molar-refractivity contribution is 7.07. The van der Waals surface area contributed by atoms with Crippen LogP contribution >= 0.6 is 11.3 Å². The molecule has 1 unspecified atom stereocenters. The van der Waals surface area contributed by atoms with Crippen molar-refractivity contribution in [3.05, 3.63) is 40.1 Å². The van der Waals surface area contributed by atoms with Crippen LogP contribution < -0.4 is 10.6 Å². The summed E-state index contributed by atoms with van der Waals surface area (Å²) in [6.45, 7) is 1.89. The molecule has 0 aliphatic carbocycles. The van der Waals surface area contributed by atoms with Gasteiger partial charge in [0, 0.05) is 13.1 Å². The molecule has 1 atom stereocenters. The van der Waals surface area contributed by atoms with Crippen LogP contribution in [-0.2, 0) is 0 Å². The zero-order valence-corrected chi connectivity index (χ0v) is 10.8. The molecular formula is C12H13F2N3S. The highest BCUT2D eigenvalue weighted by atomic mass is 32.1. The van der Waals surface area contributed by atoms with E-state index in [-0.39, 0.29) is 17.7 Å². The van der Waals surface area contributed by atoms with Crippen molar-refractivity contribution in [3.8, 4) is 0 Å². The van der Waals surface area contributed by atoms with Crippen LogP contribution in [-0.4, -0.2) is 12.0 Å². The quantitative estimate of drug-likeness (QED) is 0.889. The molecular weight excluding hydrogens is 256 g/mol. The second-order valence-electron chi connectivity index (χ2n) is 3.82. The summed E-state index contributed by atoms with van der Waals surface area (Å²) in [5, 5.41) is 9.42. The van der Waals surface area contributed by atoms with E-state index in [4.69, 9.17) is 0 Å². The molecule has 0 saturated heterocycles. The van der Waals surface area contributed by atoms with E-state index in [9.17, 15) is 8.78 Å². The van der Waals surface area contributed by atoms with Gasteiger partial charge in [-0.3, -0.25) is 0 Å². The van der Waals surface area contributed by atoms with Gasteiger partial charge in [-0.2, -0.15) is 11.3 Å². The van der Waals surface area contributed by atoms with Crippen LogP contribution in [0.1, 0.15) is 18.5 Å². The molecule has 0 aromatic carbocycles. The van der Waals surface area contributed by atoms with Gasteiger partial charge in [0.15, 0.2) is 23.3 Å². The van der Waals surface area contributed by atoms with Crippen LogP contribution in [0.5, 0.6) is 0 Å². The summed E-state index contributed by atoms with van der Waals surface area (Å²) in [6.07, 6.45) is 0. The number of halogens is 2. The van der Waals surface area contributed by atoms with Crippen molar-refractivity contribution in [2.45, 2.75) is 13.0 Å². The molecule has 0 aliphatic rings. The molecule has 18 heavy (non-hydrogen) atoms. The monoisotopic (exact) mass is 269 g/mol. The smallest absolute Gasteiger partial charge is 0.168 e. The van der Waals surface area contributed by atoms with Crippen LogP contribution in [0.2, 0.25) is 0 Å². The Morgan fingerprint density at radius 3 is 2.61 bits per heavy atom. The average molecular weight is 269 g/mol. The number of aromatic nitrogens is 1. The van der Waals surface area contributed by atoms with Crippen molar-refractivity contribution in [1.82, 2.24) is 4.98 Å². The molecule has 0 saturated carbocycles. The first-order chi connectivity index (χ1) is 8.61. The fourth-order valence-electron chi connectivity index (χ4n) is 1.55. The second-order valence-corrected chi connectivity index (χ2v) is 4.60. The Morgan fingerprint density at radius 2 is 2.00 bits per heavy atom. The molecule has 0 spiro atoms. The standard InChI is InChI=1S/C12H13F2N3S/c1-7(8-3-4-18-6-8)16-12-10(14)5-9(13)11(15-2)17-12/h3-7H,1-2H3,(H2,15,16,17). The van der Waals surface area contributed by atoms with Gasteiger partial charge in [0.2, 0.25) is 0 Å². The lowest BCUT2D eigenvalue weighted by Gasteiger charge is -2.15. The fraction of sp³-hybridized carbons (Fsp3) is 0.250. The number of nitrogens with one attached hydrogen (secondary N) is 2. The Hall–Kier alpha value is -1.69. The van der Waals surface area contributed by atoms with E-state index >= 15 is 0 Å². The lowest BCUT2D eigenvalue weighted by Crippen LogP contribution is -2.10. The molecule has 0 aliphatic heterocycles. The lowest BCUT2D eigenvalue weighted by molar-refractivity contribution is 0.577. The van der Waals surface area contributed by atoms with Crippen molar-refractivity contribution in [2.24, 2.45) is 0 Å². The molecule has 0 amide bonds. The fourth-order valence-corrected chi connectivity index (χ4v) is 2.31. The first-order valence-electron chi connectivity index (χ1n) is 5.44. The predicted octanol–water partition coefficient (Wildman–Crippen LogP) is 3.64. The first kappa shape index (κ1) is 12.8. The number of pyridine rings is 1. The Kier molecular flexibility index (Phi) is 3.76. The summed E-state index contributed by atoms with van der Waals surface area (Å²) in [5.41, 5.74) is 1.04. The van der Waals surface area contributed by atoms with Gasteiger partial charge < -0.3 is 10.6 Å². The third kappa shape index (κ3) is 2.59. The maximum atomic E-state index is 13.6. The Morgan fingerprint density at radius 1 is 1.28 bits per heavy atom. The van der Waals surface area contributed by atoms with Gasteiger partial charge in [0.1, 0.15) is 0 Å². The van der Waals surface area contributed by atoms with E-state index < -0.39 is 11.6 Å². The highest BCUT2D eigenvalue weighted by Gasteiger charge is 2.14.